The van der Waals surface area contributed by atoms with Gasteiger partial charge in [-0.05, 0) is 36.8 Å². The van der Waals surface area contributed by atoms with Crippen molar-refractivity contribution in [2.45, 2.75) is 33.5 Å². The van der Waals surface area contributed by atoms with Gasteiger partial charge in [-0.1, -0.05) is 36.8 Å². The summed E-state index contributed by atoms with van der Waals surface area (Å²) < 4.78 is 5.53. The van der Waals surface area contributed by atoms with Crippen LogP contribution < -0.4 is 0 Å². The molecular weight excluding hydrogens is 360 g/mol. The molecule has 1 aromatic rings. The molecule has 1 N–H and O–H groups in total. The Balaban J connectivity index is 2.00. The van der Waals surface area contributed by atoms with Gasteiger partial charge < -0.3 is 14.7 Å². The number of thioether (sulfide) groups is 1. The molecule has 1 unspecified atom stereocenters. The molecule has 1 saturated heterocycles. The summed E-state index contributed by atoms with van der Waals surface area (Å²) in [6.45, 7) is 9.88. The van der Waals surface area contributed by atoms with Gasteiger partial charge in [-0.25, -0.2) is 4.79 Å². The summed E-state index contributed by atoms with van der Waals surface area (Å²) in [6, 6.07) is 8.48. The highest BCUT2D eigenvalue weighted by Crippen LogP contribution is 2.37. The highest BCUT2D eigenvalue weighted by Gasteiger charge is 2.34. The van der Waals surface area contributed by atoms with E-state index in [9.17, 15) is 9.90 Å². The molecule has 1 aromatic carbocycles. The van der Waals surface area contributed by atoms with Crippen LogP contribution in [0.4, 0.5) is 0 Å². The average molecular weight is 389 g/mol. The number of morpholine rings is 1. The first kappa shape index (κ1) is 20.0. The lowest BCUT2D eigenvalue weighted by Crippen LogP contribution is -2.52. The molecule has 1 atom stereocenters. The van der Waals surface area contributed by atoms with Crippen LogP contribution in [0.2, 0.25) is 0 Å². The van der Waals surface area contributed by atoms with Gasteiger partial charge in [0.2, 0.25) is 0 Å². The summed E-state index contributed by atoms with van der Waals surface area (Å²) in [5, 5.41) is 10.7. The van der Waals surface area contributed by atoms with Crippen LogP contribution in [0, 0.1) is 6.92 Å². The first-order valence-corrected chi connectivity index (χ1v) is 10.4. The first-order valence-electron chi connectivity index (χ1n) is 9.44. The lowest BCUT2D eigenvalue weighted by Gasteiger charge is -2.44. The second-order valence-electron chi connectivity index (χ2n) is 6.94. The minimum Gasteiger partial charge on any atom is -0.478 e. The Labute approximate surface area is 165 Å². The molecule has 27 heavy (non-hydrogen) atoms. The number of hydrogen-bond acceptors (Lipinski definition) is 5. The number of ether oxygens (including phenoxy) is 1. The molecule has 2 heterocycles. The van der Waals surface area contributed by atoms with Crippen molar-refractivity contribution in [3.8, 4) is 0 Å². The maximum atomic E-state index is 12.0. The van der Waals surface area contributed by atoms with E-state index in [0.29, 0.717) is 25.3 Å². The third-order valence-corrected chi connectivity index (χ3v) is 5.98. The number of aliphatic carboxylic acids is 1. The standard InChI is InChI=1S/C21H28N2O3S/c1-4-27-20-19(21(24)25)16(3)13-18(22-9-11-26-12-10-22)23(20)14-17-7-5-15(2)6-8-17/h5-8,13,18H,4,9-12,14H2,1-3H3,(H,24,25). The predicted octanol–water partition coefficient (Wildman–Crippen LogP) is 3.46. The zero-order chi connectivity index (χ0) is 19.4. The molecule has 146 valence electrons. The molecule has 1 fully saturated rings. The number of hydrogen-bond donors (Lipinski definition) is 1. The summed E-state index contributed by atoms with van der Waals surface area (Å²) >= 11 is 1.62. The van der Waals surface area contributed by atoms with Crippen molar-refractivity contribution in [1.82, 2.24) is 9.80 Å². The van der Waals surface area contributed by atoms with E-state index < -0.39 is 5.97 Å². The quantitative estimate of drug-likeness (QED) is 0.805. The minimum atomic E-state index is -0.853. The van der Waals surface area contributed by atoms with Crippen molar-refractivity contribution in [1.29, 1.82) is 0 Å². The third-order valence-electron chi connectivity index (χ3n) is 4.98. The van der Waals surface area contributed by atoms with E-state index in [1.54, 1.807) is 11.8 Å². The molecule has 0 saturated carbocycles. The topological polar surface area (TPSA) is 53.0 Å². The van der Waals surface area contributed by atoms with Crippen molar-refractivity contribution in [2.75, 3.05) is 32.1 Å². The molecule has 5 nitrogen and oxygen atoms in total. The van der Waals surface area contributed by atoms with Gasteiger partial charge in [0.25, 0.3) is 0 Å². The summed E-state index contributed by atoms with van der Waals surface area (Å²) in [5.74, 6) is -0.0198. The van der Waals surface area contributed by atoms with E-state index in [0.717, 1.165) is 29.4 Å². The molecule has 0 aromatic heterocycles. The summed E-state index contributed by atoms with van der Waals surface area (Å²) in [7, 11) is 0. The number of carbonyl (C=O) groups is 1. The van der Waals surface area contributed by atoms with Crippen molar-refractivity contribution in [2.24, 2.45) is 0 Å². The maximum Gasteiger partial charge on any atom is 0.338 e. The third kappa shape index (κ3) is 4.57. The monoisotopic (exact) mass is 388 g/mol. The van der Waals surface area contributed by atoms with Crippen LogP contribution in [0.5, 0.6) is 0 Å². The van der Waals surface area contributed by atoms with Gasteiger partial charge >= 0.3 is 5.97 Å². The predicted molar refractivity (Wildman–Crippen MR) is 109 cm³/mol. The lowest BCUT2D eigenvalue weighted by molar-refractivity contribution is -0.132. The van der Waals surface area contributed by atoms with Gasteiger partial charge in [-0.15, -0.1) is 11.8 Å². The number of rotatable bonds is 6. The zero-order valence-electron chi connectivity index (χ0n) is 16.3. The highest BCUT2D eigenvalue weighted by molar-refractivity contribution is 8.03. The number of carboxylic acids is 1. The van der Waals surface area contributed by atoms with E-state index in [2.05, 4.69) is 54.0 Å². The van der Waals surface area contributed by atoms with Crippen molar-refractivity contribution in [3.05, 3.63) is 57.6 Å². The molecular formula is C21H28N2O3S. The average Bonchev–Trinajstić information content (AvgIpc) is 2.66. The van der Waals surface area contributed by atoms with Crippen LogP contribution in [0.25, 0.3) is 0 Å². The number of carboxylic acid groups (broad SMARTS) is 1. The normalized spacial score (nSPS) is 21.4. The van der Waals surface area contributed by atoms with Crippen LogP contribution in [0.3, 0.4) is 0 Å². The Bertz CT molecular complexity index is 736. The zero-order valence-corrected chi connectivity index (χ0v) is 17.1. The molecule has 2 aliphatic heterocycles. The molecule has 0 aliphatic carbocycles. The SMILES string of the molecule is CCSC1=C(C(=O)O)C(C)=CC(N2CCOCC2)N1Cc1ccc(C)cc1. The van der Waals surface area contributed by atoms with E-state index in [1.807, 2.05) is 6.92 Å². The van der Waals surface area contributed by atoms with Gasteiger partial charge in [-0.3, -0.25) is 4.90 Å². The molecule has 0 radical (unpaired) electrons. The largest absolute Gasteiger partial charge is 0.478 e. The van der Waals surface area contributed by atoms with Crippen LogP contribution in [0.15, 0.2) is 46.5 Å². The minimum absolute atomic E-state index is 0.0485. The highest BCUT2D eigenvalue weighted by atomic mass is 32.2. The van der Waals surface area contributed by atoms with Crippen LogP contribution in [-0.4, -0.2) is 59.1 Å². The van der Waals surface area contributed by atoms with E-state index in [1.165, 1.54) is 11.1 Å². The van der Waals surface area contributed by atoms with Gasteiger partial charge in [0, 0.05) is 19.6 Å². The van der Waals surface area contributed by atoms with Crippen molar-refractivity contribution >= 4 is 17.7 Å². The molecule has 3 rings (SSSR count). The Kier molecular flexibility index (Phi) is 6.63. The number of nitrogens with zero attached hydrogens (tertiary/aromatic N) is 2. The van der Waals surface area contributed by atoms with Gasteiger partial charge in [0.1, 0.15) is 6.17 Å². The fourth-order valence-electron chi connectivity index (χ4n) is 3.58. The molecule has 6 heteroatoms. The number of benzene rings is 1. The smallest absolute Gasteiger partial charge is 0.338 e. The second kappa shape index (κ2) is 8.95. The fourth-order valence-corrected chi connectivity index (χ4v) is 4.59. The molecule has 0 bridgehead atoms. The maximum absolute atomic E-state index is 12.0. The van der Waals surface area contributed by atoms with Crippen molar-refractivity contribution < 1.29 is 14.6 Å². The summed E-state index contributed by atoms with van der Waals surface area (Å²) in [6.07, 6.45) is 2.15. The van der Waals surface area contributed by atoms with Gasteiger partial charge in [0.15, 0.2) is 0 Å². The summed E-state index contributed by atoms with van der Waals surface area (Å²) in [5.41, 5.74) is 3.68. The second-order valence-corrected chi connectivity index (χ2v) is 8.20. The van der Waals surface area contributed by atoms with Crippen LogP contribution in [0.1, 0.15) is 25.0 Å². The van der Waals surface area contributed by atoms with E-state index >= 15 is 0 Å². The van der Waals surface area contributed by atoms with Gasteiger partial charge in [0.05, 0.1) is 23.8 Å². The van der Waals surface area contributed by atoms with E-state index in [-0.39, 0.29) is 6.17 Å². The summed E-state index contributed by atoms with van der Waals surface area (Å²) in [4.78, 5) is 16.6. The fraction of sp³-hybridized carbons (Fsp3) is 0.476. The lowest BCUT2D eigenvalue weighted by atomic mass is 10.0. The molecule has 0 amide bonds. The van der Waals surface area contributed by atoms with Crippen LogP contribution in [-0.2, 0) is 16.1 Å². The Morgan fingerprint density at radius 1 is 1.22 bits per heavy atom. The first-order chi connectivity index (χ1) is 13.0. The van der Waals surface area contributed by atoms with Gasteiger partial charge in [-0.2, -0.15) is 0 Å². The van der Waals surface area contributed by atoms with E-state index in [4.69, 9.17) is 4.74 Å². The Hall–Kier alpha value is -1.76. The van der Waals surface area contributed by atoms with Crippen molar-refractivity contribution in [3.63, 3.8) is 0 Å². The van der Waals surface area contributed by atoms with Crippen LogP contribution >= 0.6 is 11.8 Å². The number of aryl methyl sites for hydroxylation is 1. The Morgan fingerprint density at radius 2 is 1.89 bits per heavy atom. The Morgan fingerprint density at radius 3 is 2.48 bits per heavy atom. The molecule has 2 aliphatic rings. The molecule has 0 spiro atoms.